The van der Waals surface area contributed by atoms with Crippen LogP contribution in [0, 0.1) is 15.9 Å². The number of halogens is 1. The van der Waals surface area contributed by atoms with Crippen molar-refractivity contribution in [3.05, 3.63) is 69.5 Å². The Morgan fingerprint density at radius 2 is 1.82 bits per heavy atom. The Morgan fingerprint density at radius 1 is 1.12 bits per heavy atom. The molecule has 2 aromatic rings. The quantitative estimate of drug-likeness (QED) is 0.329. The van der Waals surface area contributed by atoms with Gasteiger partial charge in [0.05, 0.1) is 17.1 Å². The number of amides is 1. The molecule has 10 heteroatoms. The standard InChI is InChI=1S/C24H28FN3O6/c1-4-33-24(30)19-7-10-22(21(11-19)28(31)32)34-15-23(29)27-13-16(2)26(12-17(27)3)14-18-5-8-20(25)9-6-18/h5-11,16-17H,4,12-15H2,1-3H3/t16-,17+/m0/s1. The number of carbonyl (C=O) groups excluding carboxylic acids is 2. The van der Waals surface area contributed by atoms with Crippen molar-refractivity contribution in [1.82, 2.24) is 9.80 Å². The number of hydrogen-bond donors (Lipinski definition) is 0. The van der Waals surface area contributed by atoms with Crippen molar-refractivity contribution in [3.8, 4) is 5.75 Å². The fourth-order valence-electron chi connectivity index (χ4n) is 3.94. The third-order valence-corrected chi connectivity index (χ3v) is 5.75. The Kier molecular flexibility index (Phi) is 8.17. The summed E-state index contributed by atoms with van der Waals surface area (Å²) in [6.45, 7) is 7.09. The second-order valence-corrected chi connectivity index (χ2v) is 8.25. The first kappa shape index (κ1) is 25.1. The second kappa shape index (κ2) is 11.1. The van der Waals surface area contributed by atoms with E-state index in [1.165, 1.54) is 24.3 Å². The Bertz CT molecular complexity index is 1050. The van der Waals surface area contributed by atoms with Crippen LogP contribution >= 0.6 is 0 Å². The predicted molar refractivity (Wildman–Crippen MR) is 122 cm³/mol. The van der Waals surface area contributed by atoms with Crippen molar-refractivity contribution in [2.24, 2.45) is 0 Å². The van der Waals surface area contributed by atoms with Gasteiger partial charge in [-0.3, -0.25) is 19.8 Å². The summed E-state index contributed by atoms with van der Waals surface area (Å²) >= 11 is 0. The van der Waals surface area contributed by atoms with E-state index in [0.717, 1.165) is 11.6 Å². The van der Waals surface area contributed by atoms with Crippen LogP contribution in [0.15, 0.2) is 42.5 Å². The molecule has 0 aliphatic carbocycles. The zero-order valence-electron chi connectivity index (χ0n) is 19.4. The number of ether oxygens (including phenoxy) is 2. The summed E-state index contributed by atoms with van der Waals surface area (Å²) in [5.74, 6) is -1.34. The maximum absolute atomic E-state index is 13.2. The predicted octanol–water partition coefficient (Wildman–Crippen LogP) is 3.41. The van der Waals surface area contributed by atoms with Gasteiger partial charge in [0.15, 0.2) is 12.4 Å². The third kappa shape index (κ3) is 6.07. The molecule has 0 unspecified atom stereocenters. The molecule has 9 nitrogen and oxygen atoms in total. The van der Waals surface area contributed by atoms with Gasteiger partial charge in [0.25, 0.3) is 5.91 Å². The van der Waals surface area contributed by atoms with Crippen molar-refractivity contribution < 1.29 is 28.4 Å². The van der Waals surface area contributed by atoms with Gasteiger partial charge in [-0.1, -0.05) is 12.1 Å². The summed E-state index contributed by atoms with van der Waals surface area (Å²) in [4.78, 5) is 39.4. The summed E-state index contributed by atoms with van der Waals surface area (Å²) in [5.41, 5.74) is 0.609. The molecule has 1 saturated heterocycles. The minimum absolute atomic E-state index is 0.0342. The molecule has 1 fully saturated rings. The van der Waals surface area contributed by atoms with E-state index in [9.17, 15) is 24.1 Å². The highest BCUT2D eigenvalue weighted by atomic mass is 19.1. The van der Waals surface area contributed by atoms with Crippen LogP contribution in [0.25, 0.3) is 0 Å². The minimum Gasteiger partial charge on any atom is -0.477 e. The molecular weight excluding hydrogens is 445 g/mol. The molecule has 0 spiro atoms. The van der Waals surface area contributed by atoms with Gasteiger partial charge in [-0.2, -0.15) is 0 Å². The van der Waals surface area contributed by atoms with Crippen molar-refractivity contribution in [1.29, 1.82) is 0 Å². The molecule has 182 valence electrons. The Hall–Kier alpha value is -3.53. The van der Waals surface area contributed by atoms with E-state index in [4.69, 9.17) is 9.47 Å². The highest BCUT2D eigenvalue weighted by Gasteiger charge is 2.32. The number of nitro groups is 1. The zero-order chi connectivity index (χ0) is 24.8. The average Bonchev–Trinajstić information content (AvgIpc) is 2.81. The van der Waals surface area contributed by atoms with Crippen LogP contribution in [0.3, 0.4) is 0 Å². The van der Waals surface area contributed by atoms with Gasteiger partial charge in [0.1, 0.15) is 5.82 Å². The highest BCUT2D eigenvalue weighted by molar-refractivity contribution is 5.90. The lowest BCUT2D eigenvalue weighted by molar-refractivity contribution is -0.385. The van der Waals surface area contributed by atoms with Crippen molar-refractivity contribution >= 4 is 17.6 Å². The van der Waals surface area contributed by atoms with E-state index in [1.807, 2.05) is 13.8 Å². The minimum atomic E-state index is -0.672. The molecule has 1 heterocycles. The van der Waals surface area contributed by atoms with Crippen molar-refractivity contribution in [3.63, 3.8) is 0 Å². The van der Waals surface area contributed by atoms with Gasteiger partial charge in [0, 0.05) is 37.8 Å². The summed E-state index contributed by atoms with van der Waals surface area (Å²) in [7, 11) is 0. The first-order chi connectivity index (χ1) is 16.2. The van der Waals surface area contributed by atoms with E-state index < -0.39 is 16.6 Å². The first-order valence-electron chi connectivity index (χ1n) is 11.1. The van der Waals surface area contributed by atoms with Crippen LogP contribution in [-0.2, 0) is 16.1 Å². The number of carbonyl (C=O) groups is 2. The van der Waals surface area contributed by atoms with E-state index >= 15 is 0 Å². The molecule has 1 aliphatic heterocycles. The number of piperazine rings is 1. The number of hydrogen-bond acceptors (Lipinski definition) is 7. The first-order valence-corrected chi connectivity index (χ1v) is 11.1. The fraction of sp³-hybridized carbons (Fsp3) is 0.417. The number of nitro benzene ring substituents is 1. The molecule has 0 N–H and O–H groups in total. The summed E-state index contributed by atoms with van der Waals surface area (Å²) in [6.07, 6.45) is 0. The maximum atomic E-state index is 13.2. The summed E-state index contributed by atoms with van der Waals surface area (Å²) < 4.78 is 23.5. The molecule has 1 aliphatic rings. The molecule has 0 aromatic heterocycles. The Balaban J connectivity index is 1.62. The molecular formula is C24H28FN3O6. The van der Waals surface area contributed by atoms with Gasteiger partial charge in [-0.25, -0.2) is 9.18 Å². The SMILES string of the molecule is CCOC(=O)c1ccc(OCC(=O)N2C[C@H](C)N(Cc3ccc(F)cc3)C[C@H]2C)c([N+](=O)[O-])c1. The maximum Gasteiger partial charge on any atom is 0.338 e. The number of rotatable bonds is 8. The lowest BCUT2D eigenvalue weighted by atomic mass is 10.1. The van der Waals surface area contributed by atoms with Crippen LogP contribution in [0.5, 0.6) is 5.75 Å². The van der Waals surface area contributed by atoms with Crippen molar-refractivity contribution in [2.75, 3.05) is 26.3 Å². The third-order valence-electron chi connectivity index (χ3n) is 5.75. The van der Waals surface area contributed by atoms with Crippen LogP contribution in [-0.4, -0.2) is 65.0 Å². The van der Waals surface area contributed by atoms with Crippen molar-refractivity contribution in [2.45, 2.75) is 39.4 Å². The fourth-order valence-corrected chi connectivity index (χ4v) is 3.94. The molecule has 34 heavy (non-hydrogen) atoms. The van der Waals surface area contributed by atoms with Crippen LogP contribution in [0.4, 0.5) is 10.1 Å². The van der Waals surface area contributed by atoms with E-state index in [-0.39, 0.29) is 48.3 Å². The zero-order valence-corrected chi connectivity index (χ0v) is 19.4. The number of nitrogens with zero attached hydrogens (tertiary/aromatic N) is 3. The molecule has 0 saturated carbocycles. The molecule has 0 radical (unpaired) electrons. The van der Waals surface area contributed by atoms with E-state index in [2.05, 4.69) is 4.90 Å². The van der Waals surface area contributed by atoms with E-state index in [1.54, 1.807) is 24.0 Å². The molecule has 2 atom stereocenters. The van der Waals surface area contributed by atoms with Crippen LogP contribution in [0.1, 0.15) is 36.7 Å². The highest BCUT2D eigenvalue weighted by Crippen LogP contribution is 2.28. The van der Waals surface area contributed by atoms with Crippen LogP contribution < -0.4 is 4.74 Å². The second-order valence-electron chi connectivity index (χ2n) is 8.25. The smallest absolute Gasteiger partial charge is 0.338 e. The van der Waals surface area contributed by atoms with Gasteiger partial charge in [-0.15, -0.1) is 0 Å². The topological polar surface area (TPSA) is 102 Å². The average molecular weight is 474 g/mol. The van der Waals surface area contributed by atoms with Gasteiger partial charge < -0.3 is 14.4 Å². The normalized spacial score (nSPS) is 18.4. The lowest BCUT2D eigenvalue weighted by Crippen LogP contribution is -2.58. The largest absolute Gasteiger partial charge is 0.477 e. The monoisotopic (exact) mass is 473 g/mol. The molecule has 0 bridgehead atoms. The summed E-state index contributed by atoms with van der Waals surface area (Å²) in [6, 6.07) is 10.1. The lowest BCUT2D eigenvalue weighted by Gasteiger charge is -2.44. The molecule has 2 aromatic carbocycles. The Morgan fingerprint density at radius 3 is 2.47 bits per heavy atom. The number of benzene rings is 2. The summed E-state index contributed by atoms with van der Waals surface area (Å²) in [5, 5.41) is 11.5. The molecule has 1 amide bonds. The number of esters is 1. The van der Waals surface area contributed by atoms with Crippen LogP contribution in [0.2, 0.25) is 0 Å². The van der Waals surface area contributed by atoms with Gasteiger partial charge in [-0.05, 0) is 50.6 Å². The van der Waals surface area contributed by atoms with Gasteiger partial charge >= 0.3 is 11.7 Å². The molecule has 3 rings (SSSR count). The Labute approximate surface area is 197 Å². The van der Waals surface area contributed by atoms with E-state index in [0.29, 0.717) is 19.6 Å². The van der Waals surface area contributed by atoms with Gasteiger partial charge in [0.2, 0.25) is 0 Å².